The van der Waals surface area contributed by atoms with Crippen molar-refractivity contribution in [2.75, 3.05) is 24.7 Å². The zero-order valence-corrected chi connectivity index (χ0v) is 14.2. The molecule has 0 saturated heterocycles. The lowest BCUT2D eigenvalue weighted by Gasteiger charge is -2.11. The molecule has 0 aromatic heterocycles. The molecule has 6 nitrogen and oxygen atoms in total. The highest BCUT2D eigenvalue weighted by Gasteiger charge is 2.14. The molecule has 2 rings (SSSR count). The smallest absolute Gasteiger partial charge is 0.319 e. The third-order valence-electron chi connectivity index (χ3n) is 3.80. The number of carbonyl (C=O) groups is 1. The van der Waals surface area contributed by atoms with Crippen molar-refractivity contribution < 1.29 is 17.9 Å². The number of urea groups is 1. The molecular formula is C16H24N2O4S. The van der Waals surface area contributed by atoms with Crippen molar-refractivity contribution in [1.29, 1.82) is 0 Å². The van der Waals surface area contributed by atoms with E-state index in [0.29, 0.717) is 24.9 Å². The van der Waals surface area contributed by atoms with Crippen molar-refractivity contribution in [3.63, 3.8) is 0 Å². The summed E-state index contributed by atoms with van der Waals surface area (Å²) in [5.74, 6) is 0. The first-order chi connectivity index (χ1) is 10.9. The number of ether oxygens (including phenoxy) is 1. The number of amides is 2. The van der Waals surface area contributed by atoms with E-state index >= 15 is 0 Å². The molecule has 0 spiro atoms. The third-order valence-corrected chi connectivity index (χ3v) is 4.93. The molecular weight excluding hydrogens is 316 g/mol. The first-order valence-electron chi connectivity index (χ1n) is 7.92. The lowest BCUT2D eigenvalue weighted by atomic mass is 10.3. The Kier molecular flexibility index (Phi) is 6.41. The van der Waals surface area contributed by atoms with E-state index in [1.165, 1.54) is 25.0 Å². The van der Waals surface area contributed by atoms with Gasteiger partial charge in [-0.3, -0.25) is 0 Å². The summed E-state index contributed by atoms with van der Waals surface area (Å²) in [6.07, 6.45) is 7.13. The molecule has 1 fully saturated rings. The molecule has 1 aliphatic rings. The minimum absolute atomic E-state index is 0.229. The summed E-state index contributed by atoms with van der Waals surface area (Å²) in [5.41, 5.74) is 0.553. The number of anilines is 1. The molecule has 0 bridgehead atoms. The van der Waals surface area contributed by atoms with Crippen LogP contribution in [-0.2, 0) is 14.6 Å². The molecule has 1 saturated carbocycles. The largest absolute Gasteiger partial charge is 0.378 e. The van der Waals surface area contributed by atoms with Crippen LogP contribution in [0.3, 0.4) is 0 Å². The number of rotatable bonds is 7. The van der Waals surface area contributed by atoms with Gasteiger partial charge in [-0.2, -0.15) is 0 Å². The average Bonchev–Trinajstić information content (AvgIpc) is 3.00. The van der Waals surface area contributed by atoms with Gasteiger partial charge in [-0.05, 0) is 43.5 Å². The summed E-state index contributed by atoms with van der Waals surface area (Å²) in [6, 6.07) is 5.78. The summed E-state index contributed by atoms with van der Waals surface area (Å²) in [5, 5.41) is 5.42. The monoisotopic (exact) mass is 340 g/mol. The number of sulfone groups is 1. The molecule has 1 aromatic carbocycles. The average molecular weight is 340 g/mol. The highest BCUT2D eigenvalue weighted by molar-refractivity contribution is 7.90. The number of nitrogens with one attached hydrogen (secondary N) is 2. The predicted molar refractivity (Wildman–Crippen MR) is 89.4 cm³/mol. The normalized spacial score (nSPS) is 15.5. The van der Waals surface area contributed by atoms with E-state index < -0.39 is 9.84 Å². The van der Waals surface area contributed by atoms with Crippen LogP contribution in [0.25, 0.3) is 0 Å². The first kappa shape index (κ1) is 17.7. The van der Waals surface area contributed by atoms with Crippen LogP contribution in [0.2, 0.25) is 0 Å². The van der Waals surface area contributed by atoms with E-state index in [-0.39, 0.29) is 10.9 Å². The van der Waals surface area contributed by atoms with E-state index in [0.717, 1.165) is 25.5 Å². The number of hydrogen-bond acceptors (Lipinski definition) is 4. The molecule has 2 amide bonds. The standard InChI is InChI=1S/C16H24N2O4S/c1-23(20,21)15-9-7-13(8-10-15)18-16(19)17-11-4-12-22-14-5-2-3-6-14/h7-10,14H,2-6,11-12H2,1H3,(H2,17,18,19). The molecule has 1 aromatic rings. The SMILES string of the molecule is CS(=O)(=O)c1ccc(NC(=O)NCCCOC2CCCC2)cc1. The maximum Gasteiger partial charge on any atom is 0.319 e. The predicted octanol–water partition coefficient (Wildman–Crippen LogP) is 2.56. The number of carbonyl (C=O) groups excluding carboxylic acids is 1. The Morgan fingerprint density at radius 3 is 2.48 bits per heavy atom. The molecule has 2 N–H and O–H groups in total. The van der Waals surface area contributed by atoms with Crippen LogP contribution in [0.15, 0.2) is 29.2 Å². The highest BCUT2D eigenvalue weighted by Crippen LogP contribution is 2.20. The van der Waals surface area contributed by atoms with Crippen molar-refractivity contribution in [2.45, 2.75) is 43.1 Å². The molecule has 1 aliphatic carbocycles. The fourth-order valence-corrected chi connectivity index (χ4v) is 3.17. The lowest BCUT2D eigenvalue weighted by molar-refractivity contribution is 0.0572. The van der Waals surface area contributed by atoms with Gasteiger partial charge in [0.05, 0.1) is 11.0 Å². The van der Waals surface area contributed by atoms with Crippen LogP contribution in [0.5, 0.6) is 0 Å². The molecule has 0 aliphatic heterocycles. The molecule has 0 heterocycles. The Morgan fingerprint density at radius 2 is 1.87 bits per heavy atom. The fraction of sp³-hybridized carbons (Fsp3) is 0.562. The van der Waals surface area contributed by atoms with Gasteiger partial charge in [0.1, 0.15) is 0 Å². The van der Waals surface area contributed by atoms with Gasteiger partial charge in [-0.1, -0.05) is 12.8 Å². The molecule has 7 heteroatoms. The summed E-state index contributed by atoms with van der Waals surface area (Å²) in [7, 11) is -3.22. The quantitative estimate of drug-likeness (QED) is 0.747. The molecule has 128 valence electrons. The van der Waals surface area contributed by atoms with Crippen molar-refractivity contribution in [1.82, 2.24) is 5.32 Å². The Hall–Kier alpha value is -1.60. The molecule has 0 radical (unpaired) electrons. The van der Waals surface area contributed by atoms with E-state index in [9.17, 15) is 13.2 Å². The third kappa shape index (κ3) is 6.19. The van der Waals surface area contributed by atoms with E-state index in [1.807, 2.05) is 0 Å². The fourth-order valence-electron chi connectivity index (χ4n) is 2.54. The molecule has 0 atom stereocenters. The zero-order chi connectivity index (χ0) is 16.7. The highest BCUT2D eigenvalue weighted by atomic mass is 32.2. The van der Waals surface area contributed by atoms with Gasteiger partial charge in [0.25, 0.3) is 0 Å². The van der Waals surface area contributed by atoms with Gasteiger partial charge in [0.15, 0.2) is 9.84 Å². The summed E-state index contributed by atoms with van der Waals surface area (Å²) < 4.78 is 28.4. The van der Waals surface area contributed by atoms with Gasteiger partial charge in [-0.25, -0.2) is 13.2 Å². The Balaban J connectivity index is 1.64. The van der Waals surface area contributed by atoms with Gasteiger partial charge in [0.2, 0.25) is 0 Å². The van der Waals surface area contributed by atoms with Crippen molar-refractivity contribution >= 4 is 21.6 Å². The van der Waals surface area contributed by atoms with Gasteiger partial charge >= 0.3 is 6.03 Å². The van der Waals surface area contributed by atoms with Crippen LogP contribution in [0.4, 0.5) is 10.5 Å². The maximum absolute atomic E-state index is 11.7. The van der Waals surface area contributed by atoms with Crippen LogP contribution in [0.1, 0.15) is 32.1 Å². The summed E-state index contributed by atoms with van der Waals surface area (Å²) >= 11 is 0. The van der Waals surface area contributed by atoms with Crippen LogP contribution >= 0.6 is 0 Å². The van der Waals surface area contributed by atoms with Crippen LogP contribution in [-0.4, -0.2) is 40.0 Å². The van der Waals surface area contributed by atoms with Crippen LogP contribution in [0, 0.1) is 0 Å². The topological polar surface area (TPSA) is 84.5 Å². The zero-order valence-electron chi connectivity index (χ0n) is 13.4. The van der Waals surface area contributed by atoms with Gasteiger partial charge < -0.3 is 15.4 Å². The van der Waals surface area contributed by atoms with Crippen LogP contribution < -0.4 is 10.6 Å². The number of hydrogen-bond donors (Lipinski definition) is 2. The second-order valence-electron chi connectivity index (χ2n) is 5.81. The lowest BCUT2D eigenvalue weighted by Crippen LogP contribution is -2.30. The van der Waals surface area contributed by atoms with Crippen molar-refractivity contribution in [3.05, 3.63) is 24.3 Å². The second-order valence-corrected chi connectivity index (χ2v) is 7.82. The van der Waals surface area contributed by atoms with Gasteiger partial charge in [0, 0.05) is 25.1 Å². The maximum atomic E-state index is 11.7. The number of benzene rings is 1. The van der Waals surface area contributed by atoms with Crippen molar-refractivity contribution in [2.24, 2.45) is 0 Å². The summed E-state index contributed by atoms with van der Waals surface area (Å²) in [4.78, 5) is 12.0. The van der Waals surface area contributed by atoms with E-state index in [2.05, 4.69) is 10.6 Å². The molecule has 23 heavy (non-hydrogen) atoms. The summed E-state index contributed by atoms with van der Waals surface area (Å²) in [6.45, 7) is 1.20. The van der Waals surface area contributed by atoms with E-state index in [1.54, 1.807) is 12.1 Å². The Morgan fingerprint density at radius 1 is 1.22 bits per heavy atom. The minimum atomic E-state index is -3.22. The molecule has 0 unspecified atom stereocenters. The second kappa shape index (κ2) is 8.31. The minimum Gasteiger partial charge on any atom is -0.378 e. The van der Waals surface area contributed by atoms with E-state index in [4.69, 9.17) is 4.74 Å². The Bertz CT molecular complexity index is 607. The van der Waals surface area contributed by atoms with Crippen molar-refractivity contribution in [3.8, 4) is 0 Å². The first-order valence-corrected chi connectivity index (χ1v) is 9.81. The van der Waals surface area contributed by atoms with Gasteiger partial charge in [-0.15, -0.1) is 0 Å². The Labute approximate surface area is 137 Å².